The Morgan fingerprint density at radius 2 is 2.38 bits per heavy atom. The van der Waals surface area contributed by atoms with Crippen molar-refractivity contribution < 1.29 is 9.53 Å². The largest absolute Gasteiger partial charge is 0.374 e. The maximum Gasteiger partial charge on any atom is 0.224 e. The van der Waals surface area contributed by atoms with Gasteiger partial charge in [-0.25, -0.2) is 0 Å². The Morgan fingerprint density at radius 1 is 1.52 bits per heavy atom. The van der Waals surface area contributed by atoms with E-state index in [9.17, 15) is 4.79 Å². The van der Waals surface area contributed by atoms with Crippen molar-refractivity contribution >= 4 is 5.91 Å². The molecule has 1 saturated heterocycles. The first kappa shape index (κ1) is 14.5. The number of ether oxygens (including phenoxy) is 1. The Balaban J connectivity index is 1.44. The van der Waals surface area contributed by atoms with E-state index >= 15 is 0 Å². The number of rotatable bonds is 5. The zero-order valence-corrected chi connectivity index (χ0v) is 12.5. The summed E-state index contributed by atoms with van der Waals surface area (Å²) < 4.78 is 5.74. The van der Waals surface area contributed by atoms with Crippen LogP contribution in [0.25, 0.3) is 0 Å². The zero-order valence-electron chi connectivity index (χ0n) is 12.5. The van der Waals surface area contributed by atoms with Crippen LogP contribution in [-0.2, 0) is 16.0 Å². The first-order valence-electron chi connectivity index (χ1n) is 7.74. The van der Waals surface area contributed by atoms with Crippen LogP contribution in [0.3, 0.4) is 0 Å². The molecule has 2 fully saturated rings. The molecule has 1 aliphatic heterocycles. The van der Waals surface area contributed by atoms with Crippen molar-refractivity contribution in [2.75, 3.05) is 26.2 Å². The summed E-state index contributed by atoms with van der Waals surface area (Å²) in [5.41, 5.74) is 2.09. The van der Waals surface area contributed by atoms with Gasteiger partial charge in [0.05, 0.1) is 19.1 Å². The zero-order chi connectivity index (χ0) is 14.7. The van der Waals surface area contributed by atoms with Crippen LogP contribution in [0.4, 0.5) is 0 Å². The first-order chi connectivity index (χ1) is 10.2. The van der Waals surface area contributed by atoms with E-state index in [1.165, 1.54) is 12.8 Å². The SMILES string of the molecule is Cc1cnccc1CC(=O)NCC1CN(C2CC2)CCO1. The highest BCUT2D eigenvalue weighted by atomic mass is 16.5. The van der Waals surface area contributed by atoms with E-state index in [1.807, 2.05) is 13.0 Å². The van der Waals surface area contributed by atoms with Crippen LogP contribution in [0.1, 0.15) is 24.0 Å². The molecule has 1 aromatic rings. The maximum absolute atomic E-state index is 12.0. The summed E-state index contributed by atoms with van der Waals surface area (Å²) in [4.78, 5) is 18.6. The summed E-state index contributed by atoms with van der Waals surface area (Å²) in [6, 6.07) is 2.67. The van der Waals surface area contributed by atoms with Gasteiger partial charge in [0, 0.05) is 38.1 Å². The molecule has 1 unspecified atom stereocenters. The van der Waals surface area contributed by atoms with Crippen LogP contribution >= 0.6 is 0 Å². The van der Waals surface area contributed by atoms with E-state index in [1.54, 1.807) is 12.4 Å². The van der Waals surface area contributed by atoms with E-state index in [0.29, 0.717) is 13.0 Å². The number of amides is 1. The number of nitrogens with one attached hydrogen (secondary N) is 1. The van der Waals surface area contributed by atoms with Gasteiger partial charge in [0.2, 0.25) is 5.91 Å². The fourth-order valence-corrected chi connectivity index (χ4v) is 2.80. The molecule has 1 atom stereocenters. The second-order valence-corrected chi connectivity index (χ2v) is 6.00. The number of pyridine rings is 1. The van der Waals surface area contributed by atoms with Gasteiger partial charge >= 0.3 is 0 Å². The lowest BCUT2D eigenvalue weighted by Crippen LogP contribution is -2.48. The minimum Gasteiger partial charge on any atom is -0.374 e. The minimum atomic E-state index is 0.0523. The Morgan fingerprint density at radius 3 is 3.14 bits per heavy atom. The molecule has 2 aliphatic rings. The average molecular weight is 289 g/mol. The highest BCUT2D eigenvalue weighted by Crippen LogP contribution is 2.28. The molecule has 5 heteroatoms. The first-order valence-corrected chi connectivity index (χ1v) is 7.74. The predicted molar refractivity (Wildman–Crippen MR) is 80.0 cm³/mol. The number of nitrogens with zero attached hydrogens (tertiary/aromatic N) is 2. The highest BCUT2D eigenvalue weighted by molar-refractivity contribution is 5.78. The Kier molecular flexibility index (Phi) is 4.51. The molecule has 0 bridgehead atoms. The van der Waals surface area contributed by atoms with Gasteiger partial charge < -0.3 is 10.1 Å². The molecule has 1 aromatic heterocycles. The van der Waals surface area contributed by atoms with E-state index in [4.69, 9.17) is 4.74 Å². The molecule has 21 heavy (non-hydrogen) atoms. The third-order valence-corrected chi connectivity index (χ3v) is 4.25. The number of hydrogen-bond acceptors (Lipinski definition) is 4. The third-order valence-electron chi connectivity index (χ3n) is 4.25. The fourth-order valence-electron chi connectivity index (χ4n) is 2.80. The van der Waals surface area contributed by atoms with Crippen LogP contribution in [0, 0.1) is 6.92 Å². The Labute approximate surface area is 125 Å². The average Bonchev–Trinajstić information content (AvgIpc) is 3.33. The molecule has 0 radical (unpaired) electrons. The molecular weight excluding hydrogens is 266 g/mol. The van der Waals surface area contributed by atoms with Gasteiger partial charge in [-0.15, -0.1) is 0 Å². The highest BCUT2D eigenvalue weighted by Gasteiger charge is 2.32. The van der Waals surface area contributed by atoms with Crippen LogP contribution in [0.2, 0.25) is 0 Å². The predicted octanol–water partition coefficient (Wildman–Crippen LogP) is 0.912. The van der Waals surface area contributed by atoms with Crippen molar-refractivity contribution in [1.82, 2.24) is 15.2 Å². The summed E-state index contributed by atoms with van der Waals surface area (Å²) in [5.74, 6) is 0.0523. The van der Waals surface area contributed by atoms with E-state index < -0.39 is 0 Å². The smallest absolute Gasteiger partial charge is 0.224 e. The summed E-state index contributed by atoms with van der Waals surface area (Å²) in [6.45, 7) is 5.34. The molecule has 114 valence electrons. The quantitative estimate of drug-likeness (QED) is 0.875. The molecule has 3 rings (SSSR count). The monoisotopic (exact) mass is 289 g/mol. The Bertz CT molecular complexity index is 502. The Hall–Kier alpha value is -1.46. The number of hydrogen-bond donors (Lipinski definition) is 1. The third kappa shape index (κ3) is 4.02. The van der Waals surface area contributed by atoms with Gasteiger partial charge in [-0.3, -0.25) is 14.7 Å². The van der Waals surface area contributed by atoms with Gasteiger partial charge in [0.15, 0.2) is 0 Å². The molecule has 1 aliphatic carbocycles. The van der Waals surface area contributed by atoms with Crippen LogP contribution in [0.15, 0.2) is 18.5 Å². The van der Waals surface area contributed by atoms with Crippen LogP contribution in [-0.4, -0.2) is 54.2 Å². The lowest BCUT2D eigenvalue weighted by molar-refractivity contribution is -0.121. The maximum atomic E-state index is 12.0. The summed E-state index contributed by atoms with van der Waals surface area (Å²) in [5, 5.41) is 3.00. The second-order valence-electron chi connectivity index (χ2n) is 6.00. The van der Waals surface area contributed by atoms with Crippen LogP contribution < -0.4 is 5.32 Å². The normalized spacial score (nSPS) is 23.0. The lowest BCUT2D eigenvalue weighted by Gasteiger charge is -2.33. The number of carbonyl (C=O) groups excluding carboxylic acids is 1. The van der Waals surface area contributed by atoms with Crippen molar-refractivity contribution in [2.24, 2.45) is 0 Å². The van der Waals surface area contributed by atoms with Crippen molar-refractivity contribution in [2.45, 2.75) is 38.3 Å². The number of aromatic nitrogens is 1. The topological polar surface area (TPSA) is 54.5 Å². The summed E-state index contributed by atoms with van der Waals surface area (Å²) in [6.07, 6.45) is 6.70. The molecule has 1 amide bonds. The summed E-state index contributed by atoms with van der Waals surface area (Å²) in [7, 11) is 0. The molecule has 1 N–H and O–H groups in total. The van der Waals surface area contributed by atoms with Crippen molar-refractivity contribution in [3.63, 3.8) is 0 Å². The molecule has 0 aromatic carbocycles. The van der Waals surface area contributed by atoms with Gasteiger partial charge in [0.1, 0.15) is 0 Å². The molecule has 2 heterocycles. The van der Waals surface area contributed by atoms with E-state index in [0.717, 1.165) is 36.9 Å². The lowest BCUT2D eigenvalue weighted by atomic mass is 10.1. The van der Waals surface area contributed by atoms with Crippen molar-refractivity contribution in [3.8, 4) is 0 Å². The van der Waals surface area contributed by atoms with E-state index in [-0.39, 0.29) is 12.0 Å². The van der Waals surface area contributed by atoms with Crippen LogP contribution in [0.5, 0.6) is 0 Å². The van der Waals surface area contributed by atoms with Gasteiger partial charge in [-0.2, -0.15) is 0 Å². The standard InChI is InChI=1S/C16H23N3O2/c1-12-9-17-5-4-13(12)8-16(20)18-10-15-11-19(6-7-21-15)14-2-3-14/h4-5,9,14-15H,2-3,6-8,10-11H2,1H3,(H,18,20). The number of carbonyl (C=O) groups is 1. The van der Waals surface area contributed by atoms with Gasteiger partial charge in [0.25, 0.3) is 0 Å². The van der Waals surface area contributed by atoms with Crippen molar-refractivity contribution in [1.29, 1.82) is 0 Å². The fraction of sp³-hybridized carbons (Fsp3) is 0.625. The number of morpholine rings is 1. The molecule has 5 nitrogen and oxygen atoms in total. The van der Waals surface area contributed by atoms with Crippen molar-refractivity contribution in [3.05, 3.63) is 29.6 Å². The number of aryl methyl sites for hydroxylation is 1. The summed E-state index contributed by atoms with van der Waals surface area (Å²) >= 11 is 0. The second kappa shape index (κ2) is 6.54. The molecule has 1 saturated carbocycles. The minimum absolute atomic E-state index is 0.0523. The molecular formula is C16H23N3O2. The van der Waals surface area contributed by atoms with E-state index in [2.05, 4.69) is 15.2 Å². The van der Waals surface area contributed by atoms with Gasteiger partial charge in [-0.1, -0.05) is 0 Å². The van der Waals surface area contributed by atoms with Gasteiger partial charge in [-0.05, 0) is 37.0 Å². The molecule has 0 spiro atoms.